The summed E-state index contributed by atoms with van der Waals surface area (Å²) >= 11 is 0. The lowest BCUT2D eigenvalue weighted by Gasteiger charge is -2.19. The van der Waals surface area contributed by atoms with Crippen LogP contribution < -0.4 is 10.6 Å². The zero-order valence-electron chi connectivity index (χ0n) is 9.66. The van der Waals surface area contributed by atoms with E-state index in [-0.39, 0.29) is 0 Å². The van der Waals surface area contributed by atoms with Crippen molar-refractivity contribution >= 4 is 5.82 Å². The maximum atomic E-state index is 5.65. The number of nitrogens with two attached hydrogens (primary N) is 1. The summed E-state index contributed by atoms with van der Waals surface area (Å²) in [5.41, 5.74) is 8.12. The van der Waals surface area contributed by atoms with Gasteiger partial charge in [-0.2, -0.15) is 5.10 Å². The molecule has 1 aromatic heterocycles. The molecule has 1 aliphatic heterocycles. The van der Waals surface area contributed by atoms with Gasteiger partial charge in [0.1, 0.15) is 5.82 Å². The Balaban J connectivity index is 2.34. The van der Waals surface area contributed by atoms with Gasteiger partial charge in [-0.15, -0.1) is 0 Å². The first-order valence-electron chi connectivity index (χ1n) is 5.71. The topological polar surface area (TPSA) is 47.1 Å². The predicted octanol–water partition coefficient (Wildman–Crippen LogP) is 0.830. The van der Waals surface area contributed by atoms with Crippen molar-refractivity contribution in [3.05, 3.63) is 11.3 Å². The molecule has 15 heavy (non-hydrogen) atoms. The lowest BCUT2D eigenvalue weighted by molar-refractivity contribution is 0.730. The minimum Gasteiger partial charge on any atom is -0.357 e. The van der Waals surface area contributed by atoms with Gasteiger partial charge in [0, 0.05) is 25.7 Å². The van der Waals surface area contributed by atoms with Crippen LogP contribution in [0.2, 0.25) is 0 Å². The van der Waals surface area contributed by atoms with Crippen molar-refractivity contribution in [3.8, 4) is 0 Å². The van der Waals surface area contributed by atoms with Crippen molar-refractivity contribution < 1.29 is 0 Å². The first-order valence-corrected chi connectivity index (χ1v) is 5.71. The molecule has 84 valence electrons. The van der Waals surface area contributed by atoms with E-state index in [1.165, 1.54) is 24.2 Å². The second-order valence-electron chi connectivity index (χ2n) is 4.24. The molecule has 0 saturated carbocycles. The molecule has 2 N–H and O–H groups in total. The van der Waals surface area contributed by atoms with Crippen LogP contribution in [0, 0.1) is 6.92 Å². The van der Waals surface area contributed by atoms with E-state index in [4.69, 9.17) is 5.73 Å². The third-order valence-electron chi connectivity index (χ3n) is 3.11. The zero-order valence-corrected chi connectivity index (χ0v) is 9.66. The van der Waals surface area contributed by atoms with E-state index in [0.29, 0.717) is 6.54 Å². The van der Waals surface area contributed by atoms with Crippen LogP contribution in [0.1, 0.15) is 24.1 Å². The van der Waals surface area contributed by atoms with Gasteiger partial charge in [-0.25, -0.2) is 0 Å². The number of aryl methyl sites for hydroxylation is 2. The Kier molecular flexibility index (Phi) is 2.95. The van der Waals surface area contributed by atoms with Crippen LogP contribution in [0.3, 0.4) is 0 Å². The summed E-state index contributed by atoms with van der Waals surface area (Å²) in [6.07, 6.45) is 3.53. The van der Waals surface area contributed by atoms with Gasteiger partial charge >= 0.3 is 0 Å². The van der Waals surface area contributed by atoms with Crippen LogP contribution in [0.25, 0.3) is 0 Å². The lowest BCUT2D eigenvalue weighted by Crippen LogP contribution is -2.22. The summed E-state index contributed by atoms with van der Waals surface area (Å²) in [4.78, 5) is 2.44. The molecule has 0 spiro atoms. The van der Waals surface area contributed by atoms with Crippen molar-refractivity contribution in [2.24, 2.45) is 12.8 Å². The van der Waals surface area contributed by atoms with E-state index in [1.54, 1.807) is 0 Å². The highest BCUT2D eigenvalue weighted by atomic mass is 15.4. The van der Waals surface area contributed by atoms with Crippen LogP contribution in [0.4, 0.5) is 5.82 Å². The Bertz CT molecular complexity index is 337. The fourth-order valence-corrected chi connectivity index (χ4v) is 2.45. The minimum atomic E-state index is 0.702. The molecule has 4 heteroatoms. The molecule has 0 amide bonds. The largest absolute Gasteiger partial charge is 0.357 e. The first kappa shape index (κ1) is 10.5. The standard InChI is InChI=1S/C11H20N4/c1-9-10(5-6-12)11(14(2)13-9)15-7-3-4-8-15/h3-8,12H2,1-2H3. The van der Waals surface area contributed by atoms with E-state index in [9.17, 15) is 0 Å². The monoisotopic (exact) mass is 208 g/mol. The molecule has 0 aromatic carbocycles. The smallest absolute Gasteiger partial charge is 0.130 e. The molecule has 2 rings (SSSR count). The summed E-state index contributed by atoms with van der Waals surface area (Å²) in [5, 5.41) is 4.49. The van der Waals surface area contributed by atoms with Crippen LogP contribution >= 0.6 is 0 Å². The SMILES string of the molecule is Cc1nn(C)c(N2CCCC2)c1CCN. The highest BCUT2D eigenvalue weighted by Gasteiger charge is 2.21. The third-order valence-corrected chi connectivity index (χ3v) is 3.11. The fraction of sp³-hybridized carbons (Fsp3) is 0.727. The normalized spacial score (nSPS) is 16.3. The molecule has 0 atom stereocenters. The summed E-state index contributed by atoms with van der Waals surface area (Å²) in [5.74, 6) is 1.29. The van der Waals surface area contributed by atoms with Crippen LogP contribution in [0.15, 0.2) is 0 Å². The second kappa shape index (κ2) is 4.23. The molecule has 1 aliphatic rings. The lowest BCUT2D eigenvalue weighted by atomic mass is 10.1. The first-order chi connectivity index (χ1) is 7.24. The van der Waals surface area contributed by atoms with Crippen molar-refractivity contribution in [2.45, 2.75) is 26.2 Å². The van der Waals surface area contributed by atoms with Crippen LogP contribution in [0.5, 0.6) is 0 Å². The van der Waals surface area contributed by atoms with Gasteiger partial charge in [0.2, 0.25) is 0 Å². The Morgan fingerprint density at radius 1 is 1.33 bits per heavy atom. The highest BCUT2D eigenvalue weighted by molar-refractivity contribution is 5.51. The van der Waals surface area contributed by atoms with Crippen molar-refractivity contribution in [1.82, 2.24) is 9.78 Å². The highest BCUT2D eigenvalue weighted by Crippen LogP contribution is 2.26. The van der Waals surface area contributed by atoms with Gasteiger partial charge in [0.05, 0.1) is 5.69 Å². The number of aromatic nitrogens is 2. The van der Waals surface area contributed by atoms with Crippen molar-refractivity contribution in [3.63, 3.8) is 0 Å². The molecule has 2 heterocycles. The Morgan fingerprint density at radius 3 is 2.60 bits per heavy atom. The van der Waals surface area contributed by atoms with Crippen LogP contribution in [-0.4, -0.2) is 29.4 Å². The molecule has 1 fully saturated rings. The van der Waals surface area contributed by atoms with E-state index in [2.05, 4.69) is 16.9 Å². The third kappa shape index (κ3) is 1.86. The van der Waals surface area contributed by atoms with E-state index >= 15 is 0 Å². The molecule has 1 aromatic rings. The van der Waals surface area contributed by atoms with Crippen LogP contribution in [-0.2, 0) is 13.5 Å². The molecular weight excluding hydrogens is 188 g/mol. The van der Waals surface area contributed by atoms with Gasteiger partial charge in [-0.3, -0.25) is 4.68 Å². The van der Waals surface area contributed by atoms with E-state index in [0.717, 1.165) is 25.2 Å². The predicted molar refractivity (Wildman–Crippen MR) is 62.2 cm³/mol. The summed E-state index contributed by atoms with van der Waals surface area (Å²) in [7, 11) is 2.03. The zero-order chi connectivity index (χ0) is 10.8. The number of rotatable bonds is 3. The summed E-state index contributed by atoms with van der Waals surface area (Å²) < 4.78 is 2.01. The van der Waals surface area contributed by atoms with E-state index in [1.807, 2.05) is 11.7 Å². The minimum absolute atomic E-state index is 0.702. The maximum absolute atomic E-state index is 5.65. The van der Waals surface area contributed by atoms with Crippen molar-refractivity contribution in [1.29, 1.82) is 0 Å². The number of nitrogens with zero attached hydrogens (tertiary/aromatic N) is 3. The molecule has 4 nitrogen and oxygen atoms in total. The summed E-state index contributed by atoms with van der Waals surface area (Å²) in [6.45, 7) is 5.10. The Hall–Kier alpha value is -1.03. The molecule has 0 aliphatic carbocycles. The molecular formula is C11H20N4. The number of hydrogen-bond donors (Lipinski definition) is 1. The number of hydrogen-bond acceptors (Lipinski definition) is 3. The van der Waals surface area contributed by atoms with Crippen molar-refractivity contribution in [2.75, 3.05) is 24.5 Å². The quantitative estimate of drug-likeness (QED) is 0.800. The van der Waals surface area contributed by atoms with Gasteiger partial charge in [0.25, 0.3) is 0 Å². The second-order valence-corrected chi connectivity index (χ2v) is 4.24. The molecule has 0 radical (unpaired) electrons. The molecule has 0 unspecified atom stereocenters. The van der Waals surface area contributed by atoms with Gasteiger partial charge < -0.3 is 10.6 Å². The maximum Gasteiger partial charge on any atom is 0.130 e. The summed E-state index contributed by atoms with van der Waals surface area (Å²) in [6, 6.07) is 0. The van der Waals surface area contributed by atoms with Gasteiger partial charge in [-0.05, 0) is 32.7 Å². The fourth-order valence-electron chi connectivity index (χ4n) is 2.45. The Morgan fingerprint density at radius 2 is 2.00 bits per heavy atom. The Labute approximate surface area is 91.1 Å². The molecule has 1 saturated heterocycles. The van der Waals surface area contributed by atoms with Gasteiger partial charge in [0.15, 0.2) is 0 Å². The van der Waals surface area contributed by atoms with E-state index < -0.39 is 0 Å². The average molecular weight is 208 g/mol. The average Bonchev–Trinajstić information content (AvgIpc) is 2.77. The number of anilines is 1. The van der Waals surface area contributed by atoms with Gasteiger partial charge in [-0.1, -0.05) is 0 Å². The molecule has 0 bridgehead atoms.